The van der Waals surface area contributed by atoms with Crippen LogP contribution in [0, 0.1) is 0 Å². The number of piperidine rings is 1. The van der Waals surface area contributed by atoms with Crippen LogP contribution in [0.25, 0.3) is 0 Å². The number of aryl methyl sites for hydroxylation is 1. The van der Waals surface area contributed by atoms with Crippen LogP contribution in [0.3, 0.4) is 0 Å². The summed E-state index contributed by atoms with van der Waals surface area (Å²) in [5.41, 5.74) is 1.18. The molecule has 0 aromatic heterocycles. The van der Waals surface area contributed by atoms with Crippen LogP contribution in [0.2, 0.25) is 0 Å². The molecule has 6 heteroatoms. The summed E-state index contributed by atoms with van der Waals surface area (Å²) in [6.07, 6.45) is 6.65. The minimum Gasteiger partial charge on any atom is -0.493 e. The van der Waals surface area contributed by atoms with E-state index < -0.39 is 0 Å². The lowest BCUT2D eigenvalue weighted by Gasteiger charge is -2.32. The molecule has 6 nitrogen and oxygen atoms in total. The maximum atomic E-state index is 12.2. The van der Waals surface area contributed by atoms with Gasteiger partial charge in [-0.3, -0.25) is 4.90 Å². The van der Waals surface area contributed by atoms with Gasteiger partial charge in [-0.2, -0.15) is 0 Å². The molecule has 0 unspecified atom stereocenters. The van der Waals surface area contributed by atoms with Gasteiger partial charge in [-0.15, -0.1) is 0 Å². The highest BCUT2D eigenvalue weighted by molar-refractivity contribution is 5.74. The van der Waals surface area contributed by atoms with E-state index in [0.29, 0.717) is 18.6 Å². The summed E-state index contributed by atoms with van der Waals surface area (Å²) in [7, 11) is 3.28. The van der Waals surface area contributed by atoms with E-state index in [1.54, 1.807) is 14.2 Å². The lowest BCUT2D eigenvalue weighted by atomic mass is 9.99. The summed E-state index contributed by atoms with van der Waals surface area (Å²) < 4.78 is 10.6. The van der Waals surface area contributed by atoms with Crippen LogP contribution >= 0.6 is 0 Å². The van der Waals surface area contributed by atoms with Gasteiger partial charge in [-0.1, -0.05) is 12.5 Å². The van der Waals surface area contributed by atoms with Crippen LogP contribution in [0.4, 0.5) is 4.79 Å². The van der Waals surface area contributed by atoms with E-state index in [1.165, 1.54) is 31.4 Å². The Kier molecular flexibility index (Phi) is 6.61. The first-order valence-corrected chi connectivity index (χ1v) is 9.70. The number of hydrogen-bond donors (Lipinski definition) is 2. The molecule has 1 aromatic carbocycles. The van der Waals surface area contributed by atoms with E-state index >= 15 is 0 Å². The summed E-state index contributed by atoms with van der Waals surface area (Å²) in [5.74, 6) is 1.48. The molecule has 2 heterocycles. The normalized spacial score (nSPS) is 22.5. The fourth-order valence-corrected chi connectivity index (χ4v) is 4.17. The molecule has 0 spiro atoms. The van der Waals surface area contributed by atoms with Gasteiger partial charge in [0.1, 0.15) is 0 Å². The second kappa shape index (κ2) is 9.12. The number of methoxy groups -OCH3 is 2. The largest absolute Gasteiger partial charge is 0.493 e. The number of nitrogens with zero attached hydrogens (tertiary/aromatic N) is 1. The highest BCUT2D eigenvalue weighted by atomic mass is 16.5. The molecule has 2 amide bonds. The van der Waals surface area contributed by atoms with Crippen LogP contribution in [-0.2, 0) is 6.42 Å². The number of amides is 2. The lowest BCUT2D eigenvalue weighted by Crippen LogP contribution is -2.49. The fourth-order valence-electron chi connectivity index (χ4n) is 4.17. The highest BCUT2D eigenvalue weighted by Crippen LogP contribution is 2.28. The quantitative estimate of drug-likeness (QED) is 0.733. The van der Waals surface area contributed by atoms with Gasteiger partial charge < -0.3 is 20.1 Å². The molecule has 2 N–H and O–H groups in total. The zero-order valence-corrected chi connectivity index (χ0v) is 15.9. The third-order valence-electron chi connectivity index (χ3n) is 5.55. The molecule has 2 saturated heterocycles. The molecular weight excluding hydrogens is 330 g/mol. The Hall–Kier alpha value is -1.95. The number of ether oxygens (including phenoxy) is 2. The van der Waals surface area contributed by atoms with Crippen LogP contribution in [-0.4, -0.2) is 56.9 Å². The van der Waals surface area contributed by atoms with E-state index in [-0.39, 0.29) is 6.03 Å². The Bertz CT molecular complexity index is 608. The second-order valence-corrected chi connectivity index (χ2v) is 7.19. The number of nitrogens with one attached hydrogen (secondary N) is 2. The van der Waals surface area contributed by atoms with Crippen molar-refractivity contribution in [3.63, 3.8) is 0 Å². The van der Waals surface area contributed by atoms with Crippen LogP contribution < -0.4 is 20.1 Å². The molecule has 26 heavy (non-hydrogen) atoms. The van der Waals surface area contributed by atoms with Gasteiger partial charge in [0.2, 0.25) is 0 Å². The molecular formula is C20H31N3O3. The maximum Gasteiger partial charge on any atom is 0.315 e. The minimum absolute atomic E-state index is 0.0327. The van der Waals surface area contributed by atoms with Crippen LogP contribution in [0.5, 0.6) is 11.5 Å². The molecule has 0 radical (unpaired) electrons. The van der Waals surface area contributed by atoms with Crippen molar-refractivity contribution in [2.24, 2.45) is 0 Å². The Balaban J connectivity index is 1.38. The molecule has 2 aliphatic rings. The highest BCUT2D eigenvalue weighted by Gasteiger charge is 2.36. The SMILES string of the molecule is COc1ccc(CCCNC(=O)N[C@H]2CCN3CCCC[C@@H]23)cc1OC. The minimum atomic E-state index is -0.0327. The maximum absolute atomic E-state index is 12.2. The van der Waals surface area contributed by atoms with Gasteiger partial charge >= 0.3 is 6.03 Å². The van der Waals surface area contributed by atoms with Crippen molar-refractivity contribution in [2.75, 3.05) is 33.9 Å². The Morgan fingerprint density at radius 3 is 2.81 bits per heavy atom. The number of hydrogen-bond acceptors (Lipinski definition) is 4. The summed E-state index contributed by atoms with van der Waals surface area (Å²) >= 11 is 0. The van der Waals surface area contributed by atoms with Crippen LogP contribution in [0.15, 0.2) is 18.2 Å². The number of urea groups is 1. The molecule has 3 rings (SSSR count). The van der Waals surface area contributed by atoms with Gasteiger partial charge in [0.05, 0.1) is 14.2 Å². The van der Waals surface area contributed by atoms with Gasteiger partial charge in [0, 0.05) is 25.2 Å². The standard InChI is InChI=1S/C20H31N3O3/c1-25-18-9-8-15(14-19(18)26-2)6-5-11-21-20(24)22-16-10-13-23-12-4-3-7-17(16)23/h8-9,14,16-17H,3-7,10-13H2,1-2H3,(H2,21,22,24)/t16-,17-/m0/s1. The van der Waals surface area contributed by atoms with E-state index in [4.69, 9.17) is 9.47 Å². The van der Waals surface area contributed by atoms with Crippen molar-refractivity contribution in [2.45, 2.75) is 50.6 Å². The number of fused-ring (bicyclic) bond motifs is 1. The first kappa shape index (κ1) is 18.8. The molecule has 2 atom stereocenters. The third kappa shape index (κ3) is 4.61. The Morgan fingerprint density at radius 2 is 2.00 bits per heavy atom. The summed E-state index contributed by atoms with van der Waals surface area (Å²) in [6, 6.07) is 6.77. The van der Waals surface area contributed by atoms with Gasteiger partial charge in [0.25, 0.3) is 0 Å². The van der Waals surface area contributed by atoms with Crippen molar-refractivity contribution >= 4 is 6.03 Å². The van der Waals surface area contributed by atoms with Gasteiger partial charge in [-0.25, -0.2) is 4.79 Å². The van der Waals surface area contributed by atoms with E-state index in [2.05, 4.69) is 15.5 Å². The second-order valence-electron chi connectivity index (χ2n) is 7.19. The van der Waals surface area contributed by atoms with Crippen LogP contribution in [0.1, 0.15) is 37.7 Å². The van der Waals surface area contributed by atoms with E-state index in [9.17, 15) is 4.79 Å². The summed E-state index contributed by atoms with van der Waals surface area (Å²) in [6.45, 7) is 2.98. The average molecular weight is 361 g/mol. The molecule has 0 saturated carbocycles. The van der Waals surface area contributed by atoms with E-state index in [0.717, 1.165) is 37.3 Å². The van der Waals surface area contributed by atoms with Gasteiger partial charge in [0.15, 0.2) is 11.5 Å². The molecule has 0 aliphatic carbocycles. The molecule has 0 bridgehead atoms. The average Bonchev–Trinajstić information content (AvgIpc) is 3.08. The molecule has 2 aliphatic heterocycles. The predicted molar refractivity (Wildman–Crippen MR) is 102 cm³/mol. The lowest BCUT2D eigenvalue weighted by molar-refractivity contribution is 0.179. The van der Waals surface area contributed by atoms with Crippen molar-refractivity contribution < 1.29 is 14.3 Å². The number of benzene rings is 1. The summed E-state index contributed by atoms with van der Waals surface area (Å²) in [5, 5.41) is 6.18. The zero-order valence-electron chi connectivity index (χ0n) is 15.9. The smallest absolute Gasteiger partial charge is 0.315 e. The predicted octanol–water partition coefficient (Wildman–Crippen LogP) is 2.56. The monoisotopic (exact) mass is 361 g/mol. The third-order valence-corrected chi connectivity index (χ3v) is 5.55. The van der Waals surface area contributed by atoms with Gasteiger partial charge in [-0.05, 0) is 56.3 Å². The first-order valence-electron chi connectivity index (χ1n) is 9.70. The van der Waals surface area contributed by atoms with Crippen molar-refractivity contribution in [1.29, 1.82) is 0 Å². The number of rotatable bonds is 7. The van der Waals surface area contributed by atoms with Crippen molar-refractivity contribution in [3.05, 3.63) is 23.8 Å². The van der Waals surface area contributed by atoms with Crippen molar-refractivity contribution in [3.8, 4) is 11.5 Å². The molecule has 2 fully saturated rings. The fraction of sp³-hybridized carbons (Fsp3) is 0.650. The first-order chi connectivity index (χ1) is 12.7. The molecule has 1 aromatic rings. The number of carbonyl (C=O) groups excluding carboxylic acids is 1. The topological polar surface area (TPSA) is 62.8 Å². The summed E-state index contributed by atoms with van der Waals surface area (Å²) in [4.78, 5) is 14.7. The zero-order chi connectivity index (χ0) is 18.4. The Morgan fingerprint density at radius 1 is 1.15 bits per heavy atom. The molecule has 144 valence electrons. The van der Waals surface area contributed by atoms with E-state index in [1.807, 2.05) is 18.2 Å². The Labute approximate surface area is 156 Å². The number of carbonyl (C=O) groups is 1. The van der Waals surface area contributed by atoms with Crippen molar-refractivity contribution in [1.82, 2.24) is 15.5 Å².